The summed E-state index contributed by atoms with van der Waals surface area (Å²) >= 11 is 0. The summed E-state index contributed by atoms with van der Waals surface area (Å²) in [5.74, 6) is -0.588. The molecule has 1 aliphatic rings. The van der Waals surface area contributed by atoms with Crippen molar-refractivity contribution in [3.8, 4) is 11.5 Å². The third-order valence-corrected chi connectivity index (χ3v) is 6.72. The molecule has 0 spiro atoms. The zero-order valence-corrected chi connectivity index (χ0v) is 22.9. The van der Waals surface area contributed by atoms with Crippen molar-refractivity contribution < 1.29 is 24.2 Å². The van der Waals surface area contributed by atoms with Crippen LogP contribution in [0, 0.1) is 6.92 Å². The number of anilines is 1. The fraction of sp³-hybridized carbons (Fsp3) is 0.312. The first-order valence-corrected chi connectivity index (χ1v) is 13.0. The molecule has 0 radical (unpaired) electrons. The molecule has 6 nitrogen and oxygen atoms in total. The van der Waals surface area contributed by atoms with Crippen LogP contribution in [0.2, 0.25) is 0 Å². The van der Waals surface area contributed by atoms with Gasteiger partial charge in [0.15, 0.2) is 11.5 Å². The van der Waals surface area contributed by atoms with Gasteiger partial charge in [0.25, 0.3) is 11.7 Å². The van der Waals surface area contributed by atoms with Gasteiger partial charge in [0, 0.05) is 17.3 Å². The number of carbonyl (C=O) groups excluding carboxylic acids is 2. The quantitative estimate of drug-likeness (QED) is 0.216. The summed E-state index contributed by atoms with van der Waals surface area (Å²) in [6.07, 6.45) is 0. The zero-order valence-electron chi connectivity index (χ0n) is 22.9. The molecule has 1 saturated heterocycles. The van der Waals surface area contributed by atoms with Crippen LogP contribution in [0.25, 0.3) is 5.76 Å². The van der Waals surface area contributed by atoms with E-state index in [0.717, 1.165) is 11.1 Å². The molecular weight excluding hydrogens is 478 g/mol. The molecule has 1 amide bonds. The zero-order chi connectivity index (χ0) is 27.6. The van der Waals surface area contributed by atoms with Crippen molar-refractivity contribution in [2.24, 2.45) is 0 Å². The molecule has 1 N–H and O–H groups in total. The van der Waals surface area contributed by atoms with Gasteiger partial charge in [-0.25, -0.2) is 0 Å². The van der Waals surface area contributed by atoms with Crippen LogP contribution >= 0.6 is 0 Å². The molecule has 3 aromatic carbocycles. The van der Waals surface area contributed by atoms with Gasteiger partial charge in [-0.1, -0.05) is 63.2 Å². The Morgan fingerprint density at radius 1 is 0.895 bits per heavy atom. The van der Waals surface area contributed by atoms with E-state index in [2.05, 4.69) is 20.8 Å². The molecule has 1 atom stereocenters. The van der Waals surface area contributed by atoms with Crippen LogP contribution in [-0.2, 0) is 15.0 Å². The summed E-state index contributed by atoms with van der Waals surface area (Å²) in [5.41, 5.74) is 3.46. The van der Waals surface area contributed by atoms with Crippen molar-refractivity contribution in [3.05, 3.63) is 94.6 Å². The second-order valence-electron chi connectivity index (χ2n) is 10.4. The highest BCUT2D eigenvalue weighted by atomic mass is 16.5. The van der Waals surface area contributed by atoms with E-state index in [1.54, 1.807) is 18.2 Å². The summed E-state index contributed by atoms with van der Waals surface area (Å²) in [7, 11) is 0. The van der Waals surface area contributed by atoms with E-state index in [1.165, 1.54) is 4.90 Å². The maximum absolute atomic E-state index is 13.6. The third-order valence-electron chi connectivity index (χ3n) is 6.72. The highest BCUT2D eigenvalue weighted by Gasteiger charge is 2.47. The van der Waals surface area contributed by atoms with Crippen molar-refractivity contribution in [2.75, 3.05) is 18.1 Å². The van der Waals surface area contributed by atoms with E-state index in [1.807, 2.05) is 69.3 Å². The minimum absolute atomic E-state index is 0.0576. The largest absolute Gasteiger partial charge is 0.507 e. The fourth-order valence-electron chi connectivity index (χ4n) is 4.73. The summed E-state index contributed by atoms with van der Waals surface area (Å²) in [6.45, 7) is 12.8. The number of hydrogen-bond acceptors (Lipinski definition) is 5. The maximum Gasteiger partial charge on any atom is 0.300 e. The monoisotopic (exact) mass is 513 g/mol. The highest BCUT2D eigenvalue weighted by molar-refractivity contribution is 6.51. The van der Waals surface area contributed by atoms with Gasteiger partial charge in [0.05, 0.1) is 24.8 Å². The van der Waals surface area contributed by atoms with Crippen LogP contribution in [0.3, 0.4) is 0 Å². The van der Waals surface area contributed by atoms with Crippen LogP contribution in [0.15, 0.2) is 72.3 Å². The first kappa shape index (κ1) is 27.0. The Morgan fingerprint density at radius 2 is 1.55 bits per heavy atom. The van der Waals surface area contributed by atoms with Gasteiger partial charge in [0.2, 0.25) is 0 Å². The van der Waals surface area contributed by atoms with E-state index >= 15 is 0 Å². The third kappa shape index (κ3) is 5.03. The highest BCUT2D eigenvalue weighted by Crippen LogP contribution is 2.44. The molecule has 1 unspecified atom stereocenters. The van der Waals surface area contributed by atoms with E-state index < -0.39 is 17.7 Å². The molecule has 38 heavy (non-hydrogen) atoms. The molecule has 1 fully saturated rings. The Balaban J connectivity index is 1.94. The number of hydrogen-bond donors (Lipinski definition) is 1. The minimum Gasteiger partial charge on any atom is -0.507 e. The average molecular weight is 514 g/mol. The first-order valence-electron chi connectivity index (χ1n) is 13.0. The number of aliphatic hydroxyl groups excluding tert-OH is 1. The van der Waals surface area contributed by atoms with Gasteiger partial charge in [0.1, 0.15) is 5.76 Å². The average Bonchev–Trinajstić information content (AvgIpc) is 3.15. The molecular formula is C32H35NO5. The molecule has 0 bridgehead atoms. The Kier molecular flexibility index (Phi) is 7.63. The molecule has 1 aliphatic heterocycles. The summed E-state index contributed by atoms with van der Waals surface area (Å²) in [4.78, 5) is 28.6. The normalized spacial score (nSPS) is 17.1. The van der Waals surface area contributed by atoms with Gasteiger partial charge in [-0.3, -0.25) is 14.5 Å². The molecule has 0 aliphatic carbocycles. The molecule has 198 valence electrons. The number of nitrogens with zero attached hydrogens (tertiary/aromatic N) is 1. The van der Waals surface area contributed by atoms with Crippen LogP contribution in [-0.4, -0.2) is 30.0 Å². The lowest BCUT2D eigenvalue weighted by atomic mass is 9.84. The molecule has 6 heteroatoms. The Morgan fingerprint density at radius 3 is 2.18 bits per heavy atom. The van der Waals surface area contributed by atoms with Gasteiger partial charge >= 0.3 is 0 Å². The number of benzene rings is 3. The van der Waals surface area contributed by atoms with Crippen LogP contribution in [0.5, 0.6) is 11.5 Å². The van der Waals surface area contributed by atoms with Gasteiger partial charge in [-0.2, -0.15) is 0 Å². The van der Waals surface area contributed by atoms with Gasteiger partial charge < -0.3 is 14.6 Å². The Labute approximate surface area is 224 Å². The number of carbonyl (C=O) groups is 2. The second-order valence-corrected chi connectivity index (χ2v) is 10.4. The number of ether oxygens (including phenoxy) is 2. The number of Topliss-reactive ketones (excluding diaryl/α,β-unsaturated/α-hetero) is 1. The lowest BCUT2D eigenvalue weighted by molar-refractivity contribution is -0.132. The summed E-state index contributed by atoms with van der Waals surface area (Å²) in [5, 5.41) is 11.7. The van der Waals surface area contributed by atoms with E-state index in [0.29, 0.717) is 41.5 Å². The Bertz CT molecular complexity index is 1380. The minimum atomic E-state index is -0.818. The number of ketones is 1. The molecule has 3 aromatic rings. The lowest BCUT2D eigenvalue weighted by Crippen LogP contribution is -2.29. The van der Waals surface area contributed by atoms with Crippen LogP contribution < -0.4 is 14.4 Å². The van der Waals surface area contributed by atoms with Crippen molar-refractivity contribution in [3.63, 3.8) is 0 Å². The van der Waals surface area contributed by atoms with Gasteiger partial charge in [-0.15, -0.1) is 0 Å². The molecule has 0 aromatic heterocycles. The van der Waals surface area contributed by atoms with Crippen molar-refractivity contribution >= 4 is 23.1 Å². The predicted molar refractivity (Wildman–Crippen MR) is 150 cm³/mol. The molecule has 1 heterocycles. The summed E-state index contributed by atoms with van der Waals surface area (Å²) < 4.78 is 11.5. The van der Waals surface area contributed by atoms with E-state index in [-0.39, 0.29) is 16.7 Å². The lowest BCUT2D eigenvalue weighted by Gasteiger charge is -2.26. The first-order chi connectivity index (χ1) is 18.1. The molecule has 0 saturated carbocycles. The van der Waals surface area contributed by atoms with Crippen molar-refractivity contribution in [1.82, 2.24) is 0 Å². The van der Waals surface area contributed by atoms with Crippen LogP contribution in [0.1, 0.15) is 62.9 Å². The fourth-order valence-corrected chi connectivity index (χ4v) is 4.73. The maximum atomic E-state index is 13.6. The topological polar surface area (TPSA) is 76.1 Å². The van der Waals surface area contributed by atoms with Gasteiger partial charge in [-0.05, 0) is 61.1 Å². The number of aliphatic hydroxyl groups is 1. The number of aryl methyl sites for hydroxylation is 1. The van der Waals surface area contributed by atoms with Crippen LogP contribution in [0.4, 0.5) is 5.69 Å². The summed E-state index contributed by atoms with van der Waals surface area (Å²) in [6, 6.07) is 19.5. The van der Waals surface area contributed by atoms with Crippen molar-refractivity contribution in [1.29, 1.82) is 0 Å². The smallest absolute Gasteiger partial charge is 0.300 e. The number of rotatable bonds is 7. The Hall–Kier alpha value is -4.06. The predicted octanol–water partition coefficient (Wildman–Crippen LogP) is 6.72. The SMILES string of the molecule is CCOc1ccc(N2C(=O)C(=O)/C(=C(/O)c3cc(C(C)(C)C)ccc3C)C2c2ccccc2)cc1OCC. The molecule has 4 rings (SSSR count). The van der Waals surface area contributed by atoms with E-state index in [9.17, 15) is 14.7 Å². The second kappa shape index (κ2) is 10.7. The standard InChI is InChI=1S/C32H35NO5/c1-7-37-25-17-16-23(19-26(25)38-8-2)33-28(21-12-10-9-11-13-21)27(30(35)31(33)36)29(34)24-18-22(32(4,5)6)15-14-20(24)3/h9-19,28,34H,7-8H2,1-6H3/b29-27+. The van der Waals surface area contributed by atoms with E-state index in [4.69, 9.17) is 9.47 Å². The van der Waals surface area contributed by atoms with Crippen molar-refractivity contribution in [2.45, 2.75) is 53.0 Å². The number of amides is 1.